The number of piperazine rings is 1. The first-order valence-electron chi connectivity index (χ1n) is 12.3. The minimum Gasteiger partial charge on any atom is -0.484 e. The van der Waals surface area contributed by atoms with Crippen molar-refractivity contribution in [2.75, 3.05) is 37.7 Å². The highest BCUT2D eigenvalue weighted by Crippen LogP contribution is 2.26. The molecule has 35 heavy (non-hydrogen) atoms. The first kappa shape index (κ1) is 24.7. The Morgan fingerprint density at radius 2 is 1.51 bits per heavy atom. The van der Waals surface area contributed by atoms with Gasteiger partial charge in [-0.05, 0) is 78.8 Å². The number of ether oxygens (including phenoxy) is 1. The van der Waals surface area contributed by atoms with Gasteiger partial charge in [-0.15, -0.1) is 10.2 Å². The lowest BCUT2D eigenvalue weighted by atomic mass is 9.87. The average molecular weight is 473 g/mol. The maximum absolute atomic E-state index is 12.7. The second-order valence-corrected chi connectivity index (χ2v) is 10.5. The molecule has 6 nitrogen and oxygen atoms in total. The van der Waals surface area contributed by atoms with E-state index in [1.807, 2.05) is 29.2 Å². The van der Waals surface area contributed by atoms with Crippen LogP contribution in [0.1, 0.15) is 43.0 Å². The molecule has 0 aliphatic carbocycles. The number of nitrogens with zero attached hydrogens (tertiary/aromatic N) is 4. The maximum Gasteiger partial charge on any atom is 0.260 e. The maximum atomic E-state index is 12.7. The van der Waals surface area contributed by atoms with Crippen molar-refractivity contribution in [3.05, 3.63) is 70.8 Å². The molecule has 0 bridgehead atoms. The minimum absolute atomic E-state index is 0.0104. The Hall–Kier alpha value is -3.41. The summed E-state index contributed by atoms with van der Waals surface area (Å²) in [5.41, 5.74) is 7.08. The van der Waals surface area contributed by atoms with Crippen LogP contribution in [0.5, 0.6) is 5.75 Å². The monoisotopic (exact) mass is 472 g/mol. The molecule has 184 valence electrons. The smallest absolute Gasteiger partial charge is 0.260 e. The number of carbonyl (C=O) groups is 1. The molecule has 1 aliphatic heterocycles. The van der Waals surface area contributed by atoms with E-state index in [1.165, 1.54) is 22.3 Å². The number of anilines is 1. The normalized spacial score (nSPS) is 14.2. The van der Waals surface area contributed by atoms with Crippen LogP contribution in [0.2, 0.25) is 0 Å². The summed E-state index contributed by atoms with van der Waals surface area (Å²) in [6.45, 7) is 15.7. The number of benzene rings is 2. The molecule has 1 amide bonds. The predicted molar refractivity (Wildman–Crippen MR) is 141 cm³/mol. The van der Waals surface area contributed by atoms with Crippen LogP contribution in [-0.4, -0.2) is 53.8 Å². The molecule has 1 fully saturated rings. The molecule has 0 atom stereocenters. The van der Waals surface area contributed by atoms with E-state index < -0.39 is 0 Å². The predicted octanol–water partition coefficient (Wildman–Crippen LogP) is 5.09. The fourth-order valence-electron chi connectivity index (χ4n) is 4.35. The SMILES string of the molecule is Cc1cc(C)c(-c2ccc(N3CCN(C(=O)COc4ccc(C(C)(C)C)cc4)CC3)nn2)cc1C. The highest BCUT2D eigenvalue weighted by molar-refractivity contribution is 5.78. The van der Waals surface area contributed by atoms with Gasteiger partial charge >= 0.3 is 0 Å². The van der Waals surface area contributed by atoms with Gasteiger partial charge in [0, 0.05) is 31.7 Å². The Bertz CT molecular complexity index is 1170. The summed E-state index contributed by atoms with van der Waals surface area (Å²) in [5, 5.41) is 8.99. The Balaban J connectivity index is 1.30. The van der Waals surface area contributed by atoms with Crippen molar-refractivity contribution in [1.29, 1.82) is 0 Å². The Labute approximate surface area is 208 Å². The third kappa shape index (κ3) is 5.81. The lowest BCUT2D eigenvalue weighted by molar-refractivity contribution is -0.133. The second kappa shape index (κ2) is 10.1. The number of aromatic nitrogens is 2. The van der Waals surface area contributed by atoms with E-state index in [0.717, 1.165) is 35.9 Å². The van der Waals surface area contributed by atoms with Gasteiger partial charge in [-0.2, -0.15) is 0 Å². The van der Waals surface area contributed by atoms with E-state index in [-0.39, 0.29) is 17.9 Å². The van der Waals surface area contributed by atoms with Crippen LogP contribution in [0.3, 0.4) is 0 Å². The van der Waals surface area contributed by atoms with Crippen LogP contribution in [-0.2, 0) is 10.2 Å². The van der Waals surface area contributed by atoms with Crippen LogP contribution in [0.25, 0.3) is 11.3 Å². The lowest BCUT2D eigenvalue weighted by Gasteiger charge is -2.35. The Morgan fingerprint density at radius 3 is 2.11 bits per heavy atom. The third-order valence-corrected chi connectivity index (χ3v) is 6.81. The zero-order valence-electron chi connectivity index (χ0n) is 21.8. The lowest BCUT2D eigenvalue weighted by Crippen LogP contribution is -2.50. The molecule has 2 aromatic carbocycles. The van der Waals surface area contributed by atoms with Crippen LogP contribution in [0.4, 0.5) is 5.82 Å². The molecule has 2 heterocycles. The fourth-order valence-corrected chi connectivity index (χ4v) is 4.35. The average Bonchev–Trinajstić information content (AvgIpc) is 2.85. The summed E-state index contributed by atoms with van der Waals surface area (Å²) < 4.78 is 5.75. The third-order valence-electron chi connectivity index (χ3n) is 6.81. The zero-order valence-corrected chi connectivity index (χ0v) is 21.8. The molecular formula is C29H36N4O2. The molecule has 3 aromatic rings. The summed E-state index contributed by atoms with van der Waals surface area (Å²) in [6.07, 6.45) is 0. The number of rotatable bonds is 5. The van der Waals surface area contributed by atoms with Gasteiger partial charge < -0.3 is 14.5 Å². The zero-order chi connectivity index (χ0) is 25.2. The van der Waals surface area contributed by atoms with E-state index in [1.54, 1.807) is 0 Å². The van der Waals surface area contributed by atoms with Crippen LogP contribution in [0.15, 0.2) is 48.5 Å². The quantitative estimate of drug-likeness (QED) is 0.517. The van der Waals surface area contributed by atoms with Crippen molar-refractivity contribution < 1.29 is 9.53 Å². The number of amides is 1. The molecule has 1 aromatic heterocycles. The van der Waals surface area contributed by atoms with Crippen LogP contribution < -0.4 is 9.64 Å². The first-order chi connectivity index (χ1) is 16.6. The summed E-state index contributed by atoms with van der Waals surface area (Å²) in [6, 6.07) is 16.4. The molecule has 0 saturated carbocycles. The molecule has 0 radical (unpaired) electrons. The minimum atomic E-state index is 0.0104. The van der Waals surface area contributed by atoms with Gasteiger partial charge in [0.2, 0.25) is 0 Å². The summed E-state index contributed by atoms with van der Waals surface area (Å²) in [5.74, 6) is 1.58. The van der Waals surface area contributed by atoms with Gasteiger partial charge in [-0.1, -0.05) is 39.0 Å². The molecule has 0 unspecified atom stereocenters. The van der Waals surface area contributed by atoms with Crippen molar-refractivity contribution in [1.82, 2.24) is 15.1 Å². The van der Waals surface area contributed by atoms with Gasteiger partial charge in [0.1, 0.15) is 5.75 Å². The number of carbonyl (C=O) groups excluding carboxylic acids is 1. The topological polar surface area (TPSA) is 58.6 Å². The van der Waals surface area contributed by atoms with Crippen molar-refractivity contribution in [3.63, 3.8) is 0 Å². The molecule has 0 N–H and O–H groups in total. The van der Waals surface area contributed by atoms with Crippen LogP contribution in [0, 0.1) is 20.8 Å². The van der Waals surface area contributed by atoms with Gasteiger partial charge in [0.05, 0.1) is 5.69 Å². The van der Waals surface area contributed by atoms with Gasteiger partial charge in [0.15, 0.2) is 12.4 Å². The summed E-state index contributed by atoms with van der Waals surface area (Å²) in [7, 11) is 0. The molecule has 6 heteroatoms. The van der Waals surface area contributed by atoms with E-state index >= 15 is 0 Å². The van der Waals surface area contributed by atoms with Crippen molar-refractivity contribution in [2.45, 2.75) is 47.0 Å². The highest BCUT2D eigenvalue weighted by Gasteiger charge is 2.23. The number of aryl methyl sites for hydroxylation is 3. The van der Waals surface area contributed by atoms with E-state index in [9.17, 15) is 4.79 Å². The summed E-state index contributed by atoms with van der Waals surface area (Å²) >= 11 is 0. The Kier molecular flexibility index (Phi) is 7.10. The van der Waals surface area contributed by atoms with Crippen molar-refractivity contribution >= 4 is 11.7 Å². The number of hydrogen-bond donors (Lipinski definition) is 0. The van der Waals surface area contributed by atoms with Gasteiger partial charge in [-0.3, -0.25) is 4.79 Å². The molecule has 1 saturated heterocycles. The van der Waals surface area contributed by atoms with Crippen molar-refractivity contribution in [3.8, 4) is 17.0 Å². The number of hydrogen-bond acceptors (Lipinski definition) is 5. The Morgan fingerprint density at radius 1 is 0.857 bits per heavy atom. The standard InChI is InChI=1S/C29H36N4O2/c1-20-17-22(3)25(18-21(20)2)26-11-12-27(31-30-26)32-13-15-33(16-14-32)28(34)19-35-24-9-7-23(8-10-24)29(4,5)6/h7-12,17-18H,13-16,19H2,1-6H3. The largest absolute Gasteiger partial charge is 0.484 e. The van der Waals surface area contributed by atoms with E-state index in [4.69, 9.17) is 4.74 Å². The second-order valence-electron chi connectivity index (χ2n) is 10.5. The van der Waals surface area contributed by atoms with E-state index in [2.05, 4.69) is 80.9 Å². The molecule has 1 aliphatic rings. The fraction of sp³-hybridized carbons (Fsp3) is 0.414. The molecule has 4 rings (SSSR count). The molecular weight excluding hydrogens is 436 g/mol. The van der Waals surface area contributed by atoms with Gasteiger partial charge in [0.25, 0.3) is 5.91 Å². The van der Waals surface area contributed by atoms with Gasteiger partial charge in [-0.25, -0.2) is 0 Å². The molecule has 0 spiro atoms. The van der Waals surface area contributed by atoms with Crippen LogP contribution >= 0.6 is 0 Å². The highest BCUT2D eigenvalue weighted by atomic mass is 16.5. The summed E-state index contributed by atoms with van der Waals surface area (Å²) in [4.78, 5) is 16.7. The van der Waals surface area contributed by atoms with E-state index in [0.29, 0.717) is 13.1 Å². The first-order valence-corrected chi connectivity index (χ1v) is 12.3. The van der Waals surface area contributed by atoms with Crippen molar-refractivity contribution in [2.24, 2.45) is 0 Å².